The average Bonchev–Trinajstić information content (AvgIpc) is 3.14. The monoisotopic (exact) mass is 376 g/mol. The number of anilines is 1. The Kier molecular flexibility index (Phi) is 5.31. The van der Waals surface area contributed by atoms with Crippen LogP contribution in [0.4, 0.5) is 18.9 Å². The van der Waals surface area contributed by atoms with E-state index in [1.807, 2.05) is 0 Å². The van der Waals surface area contributed by atoms with Crippen LogP contribution in [0.5, 0.6) is 0 Å². The van der Waals surface area contributed by atoms with Crippen LogP contribution in [0.15, 0.2) is 22.5 Å². The van der Waals surface area contributed by atoms with Crippen molar-refractivity contribution in [3.05, 3.63) is 18.2 Å². The quantitative estimate of drug-likeness (QED) is 0.790. The summed E-state index contributed by atoms with van der Waals surface area (Å²) < 4.78 is 43.2. The highest BCUT2D eigenvalue weighted by molar-refractivity contribution is 8.01. The van der Waals surface area contributed by atoms with Crippen LogP contribution in [0.2, 0.25) is 0 Å². The van der Waals surface area contributed by atoms with Gasteiger partial charge in [0.15, 0.2) is 4.34 Å². The standard InChI is InChI=1S/C15H15F3N2O2S2/c16-15(17,18)4-6-23-14-20-11-2-1-10(7-12(11)24-14)19-13(21)9-3-5-22-8-9/h1-2,7,9H,3-6,8H2,(H,19,21). The number of carbonyl (C=O) groups excluding carboxylic acids is 1. The maximum absolute atomic E-state index is 12.2. The van der Waals surface area contributed by atoms with Crippen molar-refractivity contribution in [1.29, 1.82) is 0 Å². The minimum atomic E-state index is -4.15. The number of halogens is 3. The van der Waals surface area contributed by atoms with E-state index in [-0.39, 0.29) is 17.6 Å². The molecule has 2 heterocycles. The molecule has 130 valence electrons. The lowest BCUT2D eigenvalue weighted by Gasteiger charge is -2.08. The summed E-state index contributed by atoms with van der Waals surface area (Å²) in [6, 6.07) is 5.31. The molecule has 4 nitrogen and oxygen atoms in total. The van der Waals surface area contributed by atoms with Gasteiger partial charge < -0.3 is 10.1 Å². The highest BCUT2D eigenvalue weighted by Gasteiger charge is 2.26. The molecule has 1 aromatic heterocycles. The first-order chi connectivity index (χ1) is 11.4. The molecule has 0 bridgehead atoms. The van der Waals surface area contributed by atoms with E-state index in [0.29, 0.717) is 29.7 Å². The summed E-state index contributed by atoms with van der Waals surface area (Å²) in [7, 11) is 0. The van der Waals surface area contributed by atoms with E-state index >= 15 is 0 Å². The Labute approximate surface area is 144 Å². The van der Waals surface area contributed by atoms with Crippen molar-refractivity contribution in [1.82, 2.24) is 4.98 Å². The van der Waals surface area contributed by atoms with Gasteiger partial charge >= 0.3 is 6.18 Å². The van der Waals surface area contributed by atoms with Gasteiger partial charge in [-0.3, -0.25) is 4.79 Å². The van der Waals surface area contributed by atoms with Crippen LogP contribution in [0.3, 0.4) is 0 Å². The number of rotatable bonds is 5. The number of hydrogen-bond acceptors (Lipinski definition) is 5. The minimum absolute atomic E-state index is 0.0470. The molecule has 1 aliphatic heterocycles. The van der Waals surface area contributed by atoms with Crippen molar-refractivity contribution in [2.75, 3.05) is 24.3 Å². The summed E-state index contributed by atoms with van der Waals surface area (Å²) in [5.41, 5.74) is 1.38. The highest BCUT2D eigenvalue weighted by Crippen LogP contribution is 2.33. The molecule has 0 aliphatic carbocycles. The Morgan fingerprint density at radius 2 is 2.29 bits per heavy atom. The molecule has 1 fully saturated rings. The van der Waals surface area contributed by atoms with Crippen molar-refractivity contribution in [3.63, 3.8) is 0 Å². The van der Waals surface area contributed by atoms with Gasteiger partial charge in [-0.1, -0.05) is 11.8 Å². The number of thioether (sulfide) groups is 1. The number of ether oxygens (including phenoxy) is 1. The van der Waals surface area contributed by atoms with Crippen molar-refractivity contribution in [2.24, 2.45) is 5.92 Å². The lowest BCUT2D eigenvalue weighted by atomic mass is 10.1. The third-order valence-corrected chi connectivity index (χ3v) is 5.71. The summed E-state index contributed by atoms with van der Waals surface area (Å²) in [4.78, 5) is 16.4. The number of nitrogens with zero attached hydrogens (tertiary/aromatic N) is 1. The molecule has 1 saturated heterocycles. The topological polar surface area (TPSA) is 51.2 Å². The van der Waals surface area contributed by atoms with Crippen molar-refractivity contribution in [2.45, 2.75) is 23.4 Å². The van der Waals surface area contributed by atoms with E-state index in [9.17, 15) is 18.0 Å². The number of aromatic nitrogens is 1. The van der Waals surface area contributed by atoms with Crippen molar-refractivity contribution < 1.29 is 22.7 Å². The molecule has 1 amide bonds. The van der Waals surface area contributed by atoms with E-state index in [1.165, 1.54) is 11.3 Å². The Balaban J connectivity index is 1.64. The minimum Gasteiger partial charge on any atom is -0.381 e. The van der Waals surface area contributed by atoms with E-state index in [4.69, 9.17) is 4.74 Å². The fourth-order valence-corrected chi connectivity index (χ4v) is 4.44. The van der Waals surface area contributed by atoms with Crippen LogP contribution in [0.1, 0.15) is 12.8 Å². The number of thiazole rings is 1. The van der Waals surface area contributed by atoms with Gasteiger partial charge in [0.25, 0.3) is 0 Å². The zero-order valence-corrected chi connectivity index (χ0v) is 14.2. The van der Waals surface area contributed by atoms with Gasteiger partial charge in [-0.2, -0.15) is 13.2 Å². The number of hydrogen-bond donors (Lipinski definition) is 1. The molecule has 0 saturated carbocycles. The molecular weight excluding hydrogens is 361 g/mol. The molecule has 1 N–H and O–H groups in total. The zero-order valence-electron chi connectivity index (χ0n) is 12.6. The fraction of sp³-hybridized carbons (Fsp3) is 0.467. The van der Waals surface area contributed by atoms with Gasteiger partial charge in [-0.15, -0.1) is 11.3 Å². The normalized spacial score (nSPS) is 18.2. The van der Waals surface area contributed by atoms with Gasteiger partial charge in [0.1, 0.15) is 0 Å². The van der Waals surface area contributed by atoms with Crippen LogP contribution >= 0.6 is 23.1 Å². The number of nitrogens with one attached hydrogen (secondary N) is 1. The molecule has 2 aromatic rings. The van der Waals surface area contributed by atoms with Gasteiger partial charge in [0, 0.05) is 18.0 Å². The van der Waals surface area contributed by atoms with Gasteiger partial charge in [0.2, 0.25) is 5.91 Å². The molecular formula is C15H15F3N2O2S2. The molecule has 1 atom stereocenters. The molecule has 0 spiro atoms. The molecule has 1 aromatic carbocycles. The number of fused-ring (bicyclic) bond motifs is 1. The van der Waals surface area contributed by atoms with E-state index in [0.717, 1.165) is 22.0 Å². The average molecular weight is 376 g/mol. The predicted octanol–water partition coefficient (Wildman–Crippen LogP) is 4.32. The Morgan fingerprint density at radius 3 is 3.00 bits per heavy atom. The fourth-order valence-electron chi connectivity index (χ4n) is 2.28. The van der Waals surface area contributed by atoms with Crippen molar-refractivity contribution >= 4 is 44.9 Å². The van der Waals surface area contributed by atoms with Crippen LogP contribution in [0.25, 0.3) is 10.2 Å². The highest BCUT2D eigenvalue weighted by atomic mass is 32.2. The van der Waals surface area contributed by atoms with Crippen LogP contribution in [-0.2, 0) is 9.53 Å². The second-order valence-electron chi connectivity index (χ2n) is 5.43. The first-order valence-corrected chi connectivity index (χ1v) is 9.20. The third-order valence-electron chi connectivity index (χ3n) is 3.55. The van der Waals surface area contributed by atoms with Crippen LogP contribution < -0.4 is 5.32 Å². The number of benzene rings is 1. The van der Waals surface area contributed by atoms with Crippen LogP contribution in [0, 0.1) is 5.92 Å². The maximum atomic E-state index is 12.2. The summed E-state index contributed by atoms with van der Waals surface area (Å²) in [6.07, 6.45) is -4.27. The number of alkyl halides is 3. The van der Waals surface area contributed by atoms with E-state index in [1.54, 1.807) is 18.2 Å². The molecule has 0 radical (unpaired) electrons. The van der Waals surface area contributed by atoms with E-state index in [2.05, 4.69) is 10.3 Å². The first-order valence-electron chi connectivity index (χ1n) is 7.39. The Bertz CT molecular complexity index is 727. The molecule has 9 heteroatoms. The Hall–Kier alpha value is -1.32. The second-order valence-corrected chi connectivity index (χ2v) is 7.80. The van der Waals surface area contributed by atoms with E-state index < -0.39 is 12.6 Å². The lowest BCUT2D eigenvalue weighted by Crippen LogP contribution is -2.22. The molecule has 3 rings (SSSR count). The van der Waals surface area contributed by atoms with Gasteiger partial charge in [-0.25, -0.2) is 4.98 Å². The molecule has 1 aliphatic rings. The smallest absolute Gasteiger partial charge is 0.381 e. The summed E-state index contributed by atoms with van der Waals surface area (Å²) in [5.74, 6) is -0.249. The molecule has 1 unspecified atom stereocenters. The Morgan fingerprint density at radius 1 is 1.46 bits per heavy atom. The second kappa shape index (κ2) is 7.28. The summed E-state index contributed by atoms with van der Waals surface area (Å²) in [5, 5.41) is 2.85. The zero-order chi connectivity index (χ0) is 17.2. The number of carbonyl (C=O) groups is 1. The first kappa shape index (κ1) is 17.5. The predicted molar refractivity (Wildman–Crippen MR) is 88.6 cm³/mol. The molecule has 24 heavy (non-hydrogen) atoms. The largest absolute Gasteiger partial charge is 0.389 e. The number of amides is 1. The lowest BCUT2D eigenvalue weighted by molar-refractivity contribution is -0.129. The summed E-state index contributed by atoms with van der Waals surface area (Å²) in [6.45, 7) is 1.04. The van der Waals surface area contributed by atoms with Gasteiger partial charge in [0.05, 0.1) is 29.2 Å². The van der Waals surface area contributed by atoms with Gasteiger partial charge in [-0.05, 0) is 24.6 Å². The van der Waals surface area contributed by atoms with Crippen LogP contribution in [-0.4, -0.2) is 36.0 Å². The van der Waals surface area contributed by atoms with Crippen molar-refractivity contribution in [3.8, 4) is 0 Å². The third kappa shape index (κ3) is 4.61. The maximum Gasteiger partial charge on any atom is 0.389 e. The summed E-state index contributed by atoms with van der Waals surface area (Å²) >= 11 is 2.43. The SMILES string of the molecule is O=C(Nc1ccc2nc(SCCC(F)(F)F)sc2c1)C1CCOC1.